The third-order valence-electron chi connectivity index (χ3n) is 5.22. The van der Waals surface area contributed by atoms with Crippen molar-refractivity contribution < 1.29 is 19.0 Å². The Kier molecular flexibility index (Phi) is 12.5. The molecule has 1 aromatic rings. The molecular formula is C20H33Cl2N3O4. The molecule has 3 N–H and O–H groups in total. The van der Waals surface area contributed by atoms with E-state index in [0.717, 1.165) is 57.0 Å². The van der Waals surface area contributed by atoms with Crippen LogP contribution in [0.4, 0.5) is 0 Å². The first-order valence-electron chi connectivity index (χ1n) is 9.85. The second-order valence-corrected chi connectivity index (χ2v) is 7.14. The van der Waals surface area contributed by atoms with E-state index in [-0.39, 0.29) is 36.6 Å². The number of benzene rings is 1. The normalized spacial score (nSPS) is 18.8. The fourth-order valence-electron chi connectivity index (χ4n) is 3.46. The molecule has 29 heavy (non-hydrogen) atoms. The van der Waals surface area contributed by atoms with Crippen LogP contribution in [-0.4, -0.2) is 69.5 Å². The highest BCUT2D eigenvalue weighted by Crippen LogP contribution is 2.18. The Balaban J connectivity index is 0.00000210. The second kappa shape index (κ2) is 14.0. The predicted octanol–water partition coefficient (Wildman–Crippen LogP) is 1.61. The Morgan fingerprint density at radius 3 is 2.59 bits per heavy atom. The zero-order valence-electron chi connectivity index (χ0n) is 16.7. The summed E-state index contributed by atoms with van der Waals surface area (Å²) in [5.74, 6) is 0.929. The number of nitrogens with one attached hydrogen (secondary N) is 1. The number of nitrogens with zero attached hydrogens (tertiary/aromatic N) is 1. The number of ether oxygens (including phenoxy) is 3. The third kappa shape index (κ3) is 8.66. The van der Waals surface area contributed by atoms with Crippen LogP contribution in [0.25, 0.3) is 0 Å². The molecule has 7 nitrogen and oxygen atoms in total. The van der Waals surface area contributed by atoms with E-state index >= 15 is 0 Å². The van der Waals surface area contributed by atoms with Crippen LogP contribution in [0, 0.1) is 5.92 Å². The summed E-state index contributed by atoms with van der Waals surface area (Å²) in [4.78, 5) is 14.7. The smallest absolute Gasteiger partial charge is 0.237 e. The topological polar surface area (TPSA) is 86.1 Å². The Morgan fingerprint density at radius 2 is 1.86 bits per heavy atom. The van der Waals surface area contributed by atoms with Gasteiger partial charge in [-0.05, 0) is 36.5 Å². The molecule has 1 atom stereocenters. The van der Waals surface area contributed by atoms with Crippen LogP contribution in [0.2, 0.25) is 0 Å². The lowest BCUT2D eigenvalue weighted by molar-refractivity contribution is -0.124. The van der Waals surface area contributed by atoms with E-state index in [9.17, 15) is 4.79 Å². The van der Waals surface area contributed by atoms with Crippen molar-refractivity contribution in [1.82, 2.24) is 10.2 Å². The Bertz CT molecular complexity index is 597. The van der Waals surface area contributed by atoms with Crippen LogP contribution >= 0.6 is 24.8 Å². The highest BCUT2D eigenvalue weighted by molar-refractivity contribution is 5.85. The van der Waals surface area contributed by atoms with Gasteiger partial charge in [0.05, 0.1) is 19.3 Å². The van der Waals surface area contributed by atoms with Gasteiger partial charge >= 0.3 is 0 Å². The van der Waals surface area contributed by atoms with Gasteiger partial charge < -0.3 is 25.3 Å². The van der Waals surface area contributed by atoms with Gasteiger partial charge in [-0.1, -0.05) is 12.1 Å². The van der Waals surface area contributed by atoms with Crippen molar-refractivity contribution in [3.8, 4) is 5.75 Å². The van der Waals surface area contributed by atoms with Crippen LogP contribution < -0.4 is 15.8 Å². The van der Waals surface area contributed by atoms with Crippen LogP contribution in [0.15, 0.2) is 24.3 Å². The fourth-order valence-corrected chi connectivity index (χ4v) is 3.46. The van der Waals surface area contributed by atoms with Gasteiger partial charge in [0.15, 0.2) is 0 Å². The molecule has 2 aliphatic heterocycles. The summed E-state index contributed by atoms with van der Waals surface area (Å²) in [6.07, 6.45) is 1.70. The maximum atomic E-state index is 12.3. The number of morpholine rings is 1. The lowest BCUT2D eigenvalue weighted by Gasteiger charge is -2.26. The minimum absolute atomic E-state index is 0. The second-order valence-electron chi connectivity index (χ2n) is 7.14. The van der Waals surface area contributed by atoms with Crippen molar-refractivity contribution in [3.05, 3.63) is 29.8 Å². The van der Waals surface area contributed by atoms with Crippen molar-refractivity contribution in [3.63, 3.8) is 0 Å². The Hall–Kier alpha value is -1.09. The molecule has 1 aromatic carbocycles. The molecule has 0 bridgehead atoms. The zero-order chi connectivity index (χ0) is 18.9. The molecule has 166 valence electrons. The van der Waals surface area contributed by atoms with Gasteiger partial charge in [-0.25, -0.2) is 0 Å². The molecule has 2 fully saturated rings. The molecule has 9 heteroatoms. The number of halogens is 2. The molecule has 2 saturated heterocycles. The first-order chi connectivity index (χ1) is 13.2. The summed E-state index contributed by atoms with van der Waals surface area (Å²) in [5, 5.41) is 2.95. The lowest BCUT2D eigenvalue weighted by Crippen LogP contribution is -2.46. The SMILES string of the molecule is Cl.Cl.NC(C(=O)NCc1cccc(OCCN2CCOCC2)c1)C1CCOCC1. The van der Waals surface area contributed by atoms with Crippen LogP contribution in [0.5, 0.6) is 5.75 Å². The number of nitrogens with two attached hydrogens (primary N) is 1. The van der Waals surface area contributed by atoms with Crippen molar-refractivity contribution in [2.75, 3.05) is 52.7 Å². The molecule has 0 saturated carbocycles. The monoisotopic (exact) mass is 449 g/mol. The summed E-state index contributed by atoms with van der Waals surface area (Å²) in [6.45, 7) is 6.89. The average molecular weight is 450 g/mol. The zero-order valence-corrected chi connectivity index (χ0v) is 18.3. The van der Waals surface area contributed by atoms with Crippen molar-refractivity contribution in [1.29, 1.82) is 0 Å². The van der Waals surface area contributed by atoms with Gasteiger partial charge in [0.2, 0.25) is 5.91 Å². The third-order valence-corrected chi connectivity index (χ3v) is 5.22. The van der Waals surface area contributed by atoms with Gasteiger partial charge in [-0.15, -0.1) is 24.8 Å². The summed E-state index contributed by atoms with van der Waals surface area (Å²) in [6, 6.07) is 7.37. The molecular weight excluding hydrogens is 417 g/mol. The number of rotatable bonds is 8. The van der Waals surface area contributed by atoms with E-state index in [2.05, 4.69) is 10.2 Å². The summed E-state index contributed by atoms with van der Waals surface area (Å²) in [5.41, 5.74) is 7.12. The first kappa shape index (κ1) is 25.9. The molecule has 2 aliphatic rings. The van der Waals surface area contributed by atoms with E-state index in [4.69, 9.17) is 19.9 Å². The van der Waals surface area contributed by atoms with E-state index < -0.39 is 6.04 Å². The molecule has 3 rings (SSSR count). The number of amides is 1. The van der Waals surface area contributed by atoms with Gasteiger partial charge in [0.1, 0.15) is 12.4 Å². The molecule has 0 spiro atoms. The van der Waals surface area contributed by atoms with Crippen LogP contribution in [-0.2, 0) is 20.8 Å². The number of carbonyl (C=O) groups excluding carboxylic acids is 1. The van der Waals surface area contributed by atoms with E-state index in [1.165, 1.54) is 0 Å². The molecule has 0 aliphatic carbocycles. The van der Waals surface area contributed by atoms with E-state index in [1.54, 1.807) is 0 Å². The van der Waals surface area contributed by atoms with Crippen LogP contribution in [0.1, 0.15) is 18.4 Å². The molecule has 2 heterocycles. The van der Waals surface area contributed by atoms with Gasteiger partial charge in [0, 0.05) is 39.4 Å². The predicted molar refractivity (Wildman–Crippen MR) is 117 cm³/mol. The van der Waals surface area contributed by atoms with Gasteiger partial charge in [-0.2, -0.15) is 0 Å². The minimum Gasteiger partial charge on any atom is -0.492 e. The molecule has 1 unspecified atom stereocenters. The van der Waals surface area contributed by atoms with Crippen molar-refractivity contribution in [2.24, 2.45) is 11.7 Å². The molecule has 0 aromatic heterocycles. The Labute approximate surface area is 185 Å². The van der Waals surface area contributed by atoms with Crippen molar-refractivity contribution >= 4 is 30.7 Å². The Morgan fingerprint density at radius 1 is 1.17 bits per heavy atom. The minimum atomic E-state index is -0.471. The number of carbonyl (C=O) groups is 1. The maximum absolute atomic E-state index is 12.3. The van der Waals surface area contributed by atoms with Gasteiger partial charge in [0.25, 0.3) is 0 Å². The standard InChI is InChI=1S/C20H31N3O4.2ClH/c21-19(17-4-9-25-10-5-17)20(24)22-15-16-2-1-3-18(14-16)27-13-8-23-6-11-26-12-7-23;;/h1-3,14,17,19H,4-13,15,21H2,(H,22,24);2*1H. The van der Waals surface area contributed by atoms with Crippen molar-refractivity contribution in [2.45, 2.75) is 25.4 Å². The highest BCUT2D eigenvalue weighted by atomic mass is 35.5. The average Bonchev–Trinajstić information content (AvgIpc) is 2.73. The summed E-state index contributed by atoms with van der Waals surface area (Å²) >= 11 is 0. The summed E-state index contributed by atoms with van der Waals surface area (Å²) in [7, 11) is 0. The molecule has 1 amide bonds. The first-order valence-corrected chi connectivity index (χ1v) is 9.85. The molecule has 0 radical (unpaired) electrons. The highest BCUT2D eigenvalue weighted by Gasteiger charge is 2.26. The summed E-state index contributed by atoms with van der Waals surface area (Å²) < 4.78 is 16.5. The number of hydrogen-bond donors (Lipinski definition) is 2. The fraction of sp³-hybridized carbons (Fsp3) is 0.650. The quantitative estimate of drug-likeness (QED) is 0.626. The van der Waals surface area contributed by atoms with Crippen LogP contribution in [0.3, 0.4) is 0 Å². The van der Waals surface area contributed by atoms with E-state index in [0.29, 0.717) is 26.4 Å². The van der Waals surface area contributed by atoms with E-state index in [1.807, 2.05) is 24.3 Å². The maximum Gasteiger partial charge on any atom is 0.237 e. The number of hydrogen-bond acceptors (Lipinski definition) is 6. The largest absolute Gasteiger partial charge is 0.492 e. The lowest BCUT2D eigenvalue weighted by atomic mass is 9.92. The van der Waals surface area contributed by atoms with Gasteiger partial charge in [-0.3, -0.25) is 9.69 Å².